The molecule has 1 saturated carbocycles. The highest BCUT2D eigenvalue weighted by Gasteiger charge is 2.46. The van der Waals surface area contributed by atoms with Gasteiger partial charge in [0.1, 0.15) is 0 Å². The second-order valence-corrected chi connectivity index (χ2v) is 9.51. The lowest BCUT2D eigenvalue weighted by Crippen LogP contribution is -2.49. The van der Waals surface area contributed by atoms with Gasteiger partial charge in [-0.25, -0.2) is 4.90 Å². The van der Waals surface area contributed by atoms with Crippen LogP contribution in [-0.4, -0.2) is 39.5 Å². The zero-order valence-electron chi connectivity index (χ0n) is 19.8. The second-order valence-electron chi connectivity index (χ2n) is 9.51. The van der Waals surface area contributed by atoms with Crippen LogP contribution in [0.4, 0.5) is 5.69 Å². The van der Waals surface area contributed by atoms with Gasteiger partial charge < -0.3 is 4.90 Å². The Morgan fingerprint density at radius 2 is 1.39 bits per heavy atom. The monoisotopic (exact) mass is 478 g/mol. The molecule has 7 nitrogen and oxygen atoms in total. The fourth-order valence-corrected chi connectivity index (χ4v) is 5.56. The summed E-state index contributed by atoms with van der Waals surface area (Å²) in [5.74, 6) is -1.21. The number of rotatable bonds is 4. The summed E-state index contributed by atoms with van der Waals surface area (Å²) >= 11 is 0. The Morgan fingerprint density at radius 3 is 2.06 bits per heavy atom. The number of anilines is 1. The summed E-state index contributed by atoms with van der Waals surface area (Å²) in [6, 6.07) is 20.0. The number of pyridine rings is 1. The van der Waals surface area contributed by atoms with Crippen LogP contribution in [0.25, 0.3) is 0 Å². The van der Waals surface area contributed by atoms with Crippen LogP contribution in [0.5, 0.6) is 0 Å². The van der Waals surface area contributed by atoms with Gasteiger partial charge in [0.15, 0.2) is 0 Å². The number of fused-ring (bicyclic) bond motifs is 2. The van der Waals surface area contributed by atoms with Crippen LogP contribution < -0.4 is 4.90 Å². The van der Waals surface area contributed by atoms with Crippen molar-refractivity contribution >= 4 is 29.1 Å². The molecule has 180 valence electrons. The van der Waals surface area contributed by atoms with Gasteiger partial charge in [0.05, 0.1) is 34.8 Å². The Kier molecular flexibility index (Phi) is 5.68. The fraction of sp³-hybridized carbons (Fsp3) is 0.276. The maximum Gasteiger partial charge on any atom is 0.273 e. The van der Waals surface area contributed by atoms with Crippen molar-refractivity contribution in [2.24, 2.45) is 10.9 Å². The summed E-state index contributed by atoms with van der Waals surface area (Å²) in [6.07, 6.45) is 5.72. The lowest BCUT2D eigenvalue weighted by molar-refractivity contribution is -0.122. The Balaban J connectivity index is 1.50. The number of nitrogens with zero attached hydrogens (tertiary/aromatic N) is 4. The van der Waals surface area contributed by atoms with E-state index < -0.39 is 23.9 Å². The molecule has 0 spiro atoms. The van der Waals surface area contributed by atoms with Crippen LogP contribution in [0.15, 0.2) is 77.9 Å². The van der Waals surface area contributed by atoms with E-state index in [0.717, 1.165) is 47.5 Å². The van der Waals surface area contributed by atoms with Crippen LogP contribution in [0, 0.1) is 5.92 Å². The van der Waals surface area contributed by atoms with Crippen molar-refractivity contribution in [2.75, 3.05) is 4.90 Å². The van der Waals surface area contributed by atoms with E-state index in [1.54, 1.807) is 35.4 Å². The molecule has 0 unspecified atom stereocenters. The molecule has 2 aliphatic heterocycles. The summed E-state index contributed by atoms with van der Waals surface area (Å²) in [5, 5.41) is 0. The summed E-state index contributed by atoms with van der Waals surface area (Å²) in [5.41, 5.74) is 3.75. The van der Waals surface area contributed by atoms with Crippen molar-refractivity contribution in [1.82, 2.24) is 9.88 Å². The van der Waals surface area contributed by atoms with E-state index in [2.05, 4.69) is 4.98 Å². The first-order valence-electron chi connectivity index (χ1n) is 12.5. The second kappa shape index (κ2) is 9.15. The molecule has 7 heteroatoms. The van der Waals surface area contributed by atoms with Crippen molar-refractivity contribution in [1.29, 1.82) is 0 Å². The van der Waals surface area contributed by atoms with Gasteiger partial charge in [0, 0.05) is 17.7 Å². The lowest BCUT2D eigenvalue weighted by atomic mass is 9.82. The van der Waals surface area contributed by atoms with Crippen molar-refractivity contribution in [3.63, 3.8) is 0 Å². The minimum absolute atomic E-state index is 0.167. The predicted octanol–water partition coefficient (Wildman–Crippen LogP) is 4.62. The summed E-state index contributed by atoms with van der Waals surface area (Å²) < 4.78 is 0. The number of hydrogen-bond donors (Lipinski definition) is 0. The quantitative estimate of drug-likeness (QED) is 0.513. The first-order chi connectivity index (χ1) is 17.6. The van der Waals surface area contributed by atoms with Crippen molar-refractivity contribution in [3.05, 3.63) is 95.3 Å². The first kappa shape index (κ1) is 22.3. The number of aliphatic imine (C=N–C) groups is 1. The molecule has 6 rings (SSSR count). The van der Waals surface area contributed by atoms with Gasteiger partial charge in [-0.05, 0) is 43.2 Å². The Morgan fingerprint density at radius 1 is 0.750 bits per heavy atom. The number of carbonyl (C=O) groups excluding carboxylic acids is 3. The van der Waals surface area contributed by atoms with Crippen LogP contribution in [0.2, 0.25) is 0 Å². The standard InChI is InChI=1S/C29H26N4O3/c34-27-21-13-4-5-14-22(21)28(35)33(27)26-29(36)32(18-20-12-8-9-17-30-20)24-16-7-6-15-23(24)25(31-26)19-10-2-1-3-11-19/h4-9,12-17,19,26H,1-3,10-11,18H2/t26-/m0/s1. The molecule has 36 heavy (non-hydrogen) atoms. The number of amides is 3. The Bertz CT molecular complexity index is 1340. The number of aromatic nitrogens is 1. The van der Waals surface area contributed by atoms with Crippen molar-refractivity contribution < 1.29 is 14.4 Å². The van der Waals surface area contributed by atoms with Gasteiger partial charge in [-0.3, -0.25) is 24.4 Å². The lowest BCUT2D eigenvalue weighted by Gasteiger charge is -2.28. The number of para-hydroxylation sites is 1. The molecule has 1 atom stereocenters. The predicted molar refractivity (Wildman–Crippen MR) is 136 cm³/mol. The van der Waals surface area contributed by atoms with E-state index in [0.29, 0.717) is 16.8 Å². The molecule has 1 aliphatic carbocycles. The maximum atomic E-state index is 14.2. The van der Waals surface area contributed by atoms with Crippen molar-refractivity contribution in [2.45, 2.75) is 44.8 Å². The van der Waals surface area contributed by atoms with Gasteiger partial charge >= 0.3 is 0 Å². The Hall–Kier alpha value is -4.13. The minimum Gasteiger partial charge on any atom is -0.302 e. The molecular formula is C29H26N4O3. The molecular weight excluding hydrogens is 452 g/mol. The number of benzodiazepines with no additional fused rings is 1. The minimum atomic E-state index is -1.27. The normalized spacial score (nSPS) is 20.2. The Labute approximate surface area is 209 Å². The molecule has 3 amide bonds. The largest absolute Gasteiger partial charge is 0.302 e. The van der Waals surface area contributed by atoms with Crippen LogP contribution in [0.3, 0.4) is 0 Å². The van der Waals surface area contributed by atoms with Gasteiger partial charge in [-0.1, -0.05) is 55.7 Å². The molecule has 2 aromatic carbocycles. The molecule has 3 aliphatic rings. The smallest absolute Gasteiger partial charge is 0.273 e. The average Bonchev–Trinajstić information content (AvgIpc) is 3.11. The highest BCUT2D eigenvalue weighted by molar-refractivity contribution is 6.24. The summed E-state index contributed by atoms with van der Waals surface area (Å²) in [4.78, 5) is 53.2. The van der Waals surface area contributed by atoms with Gasteiger partial charge in [-0.2, -0.15) is 0 Å². The third-order valence-electron chi connectivity index (χ3n) is 7.33. The highest BCUT2D eigenvalue weighted by atomic mass is 16.2. The highest BCUT2D eigenvalue weighted by Crippen LogP contribution is 2.36. The van der Waals surface area contributed by atoms with Crippen LogP contribution in [0.1, 0.15) is 64.1 Å². The maximum absolute atomic E-state index is 14.2. The SMILES string of the molecule is O=C1[C@H](N2C(=O)c3ccccc3C2=O)N=C(C2CCCCC2)c2ccccc2N1Cc1ccccn1. The van der Waals surface area contributed by atoms with E-state index in [9.17, 15) is 14.4 Å². The third-order valence-corrected chi connectivity index (χ3v) is 7.33. The van der Waals surface area contributed by atoms with E-state index in [-0.39, 0.29) is 12.5 Å². The molecule has 3 aromatic rings. The summed E-state index contributed by atoms with van der Waals surface area (Å²) in [6.45, 7) is 0.212. The van der Waals surface area contributed by atoms with Crippen LogP contribution in [-0.2, 0) is 11.3 Å². The molecule has 1 fully saturated rings. The van der Waals surface area contributed by atoms with E-state index in [4.69, 9.17) is 4.99 Å². The zero-order chi connectivity index (χ0) is 24.6. The molecule has 1 aromatic heterocycles. The number of benzene rings is 2. The van der Waals surface area contributed by atoms with E-state index in [1.165, 1.54) is 6.42 Å². The first-order valence-corrected chi connectivity index (χ1v) is 12.5. The topological polar surface area (TPSA) is 82.9 Å². The molecule has 0 radical (unpaired) electrons. The fourth-order valence-electron chi connectivity index (χ4n) is 5.56. The van der Waals surface area contributed by atoms with Gasteiger partial charge in [-0.15, -0.1) is 0 Å². The average molecular weight is 479 g/mol. The number of hydrogen-bond acceptors (Lipinski definition) is 5. The third kappa shape index (κ3) is 3.71. The van der Waals surface area contributed by atoms with E-state index >= 15 is 0 Å². The number of imide groups is 1. The van der Waals surface area contributed by atoms with Crippen molar-refractivity contribution in [3.8, 4) is 0 Å². The molecule has 0 N–H and O–H groups in total. The van der Waals surface area contributed by atoms with Gasteiger partial charge in [0.25, 0.3) is 17.7 Å². The van der Waals surface area contributed by atoms with E-state index in [1.807, 2.05) is 42.5 Å². The number of carbonyl (C=O) groups is 3. The van der Waals surface area contributed by atoms with Crippen LogP contribution >= 0.6 is 0 Å². The molecule has 0 bridgehead atoms. The molecule has 0 saturated heterocycles. The summed E-state index contributed by atoms with van der Waals surface area (Å²) in [7, 11) is 0. The molecule has 3 heterocycles. The zero-order valence-corrected chi connectivity index (χ0v) is 19.8. The van der Waals surface area contributed by atoms with Gasteiger partial charge in [0.2, 0.25) is 6.17 Å².